The van der Waals surface area contributed by atoms with Crippen molar-refractivity contribution in [2.45, 2.75) is 65.4 Å². The molecule has 0 heterocycles. The minimum atomic E-state index is 0.545. The Balaban J connectivity index is 1.84. The largest absolute Gasteiger partial charge is 0.377 e. The molecule has 0 aromatic rings. The molecule has 0 spiro atoms. The van der Waals surface area contributed by atoms with Crippen LogP contribution >= 0.6 is 0 Å². The number of ether oxygens (including phenoxy) is 1. The van der Waals surface area contributed by atoms with E-state index in [4.69, 9.17) is 4.74 Å². The van der Waals surface area contributed by atoms with Gasteiger partial charge in [0.05, 0.1) is 12.7 Å². The molecule has 0 aromatic carbocycles. The molecule has 1 N–H and O–H groups in total. The van der Waals surface area contributed by atoms with Gasteiger partial charge in [-0.3, -0.25) is 0 Å². The average molecular weight is 241 g/mol. The van der Waals surface area contributed by atoms with E-state index in [0.717, 1.165) is 31.5 Å². The van der Waals surface area contributed by atoms with E-state index in [1.165, 1.54) is 38.5 Å². The normalized spacial score (nSPS) is 25.4. The first-order valence-electron chi connectivity index (χ1n) is 7.50. The van der Waals surface area contributed by atoms with Crippen LogP contribution in [0.5, 0.6) is 0 Å². The zero-order valence-electron chi connectivity index (χ0n) is 12.0. The van der Waals surface area contributed by atoms with Crippen molar-refractivity contribution >= 4 is 0 Å². The lowest BCUT2D eigenvalue weighted by molar-refractivity contribution is 0.0217. The third-order valence-corrected chi connectivity index (χ3v) is 3.73. The van der Waals surface area contributed by atoms with E-state index in [-0.39, 0.29) is 0 Å². The van der Waals surface area contributed by atoms with Crippen LogP contribution in [0.2, 0.25) is 0 Å². The van der Waals surface area contributed by atoms with Gasteiger partial charge in [-0.2, -0.15) is 0 Å². The molecular weight excluding hydrogens is 210 g/mol. The Morgan fingerprint density at radius 2 is 1.82 bits per heavy atom. The van der Waals surface area contributed by atoms with Gasteiger partial charge < -0.3 is 10.1 Å². The van der Waals surface area contributed by atoms with Gasteiger partial charge in [0.2, 0.25) is 0 Å². The van der Waals surface area contributed by atoms with Crippen LogP contribution in [0.4, 0.5) is 0 Å². The number of nitrogens with one attached hydrogen (secondary N) is 1. The van der Waals surface area contributed by atoms with E-state index in [2.05, 4.69) is 26.1 Å². The molecule has 0 aromatic heterocycles. The topological polar surface area (TPSA) is 21.3 Å². The predicted octanol–water partition coefficient (Wildman–Crippen LogP) is 3.61. The molecular formula is C15H31NO. The molecule has 0 amide bonds. The highest BCUT2D eigenvalue weighted by Crippen LogP contribution is 2.25. The summed E-state index contributed by atoms with van der Waals surface area (Å²) in [7, 11) is 0. The molecule has 0 radical (unpaired) electrons. The van der Waals surface area contributed by atoms with E-state index in [9.17, 15) is 0 Å². The van der Waals surface area contributed by atoms with Crippen LogP contribution in [0.1, 0.15) is 59.3 Å². The summed E-state index contributed by atoms with van der Waals surface area (Å²) in [6.07, 6.45) is 8.42. The smallest absolute Gasteiger partial charge is 0.0594 e. The summed E-state index contributed by atoms with van der Waals surface area (Å²) in [5.41, 5.74) is 0. The lowest BCUT2D eigenvalue weighted by Crippen LogP contribution is -2.26. The summed E-state index contributed by atoms with van der Waals surface area (Å²) < 4.78 is 5.90. The van der Waals surface area contributed by atoms with Gasteiger partial charge in [-0.25, -0.2) is 0 Å². The first-order chi connectivity index (χ1) is 8.18. The molecule has 17 heavy (non-hydrogen) atoms. The molecule has 2 heteroatoms. The Labute approximate surface area is 108 Å². The molecule has 1 aliphatic carbocycles. The molecule has 2 nitrogen and oxygen atoms in total. The van der Waals surface area contributed by atoms with Crippen LogP contribution in [0, 0.1) is 11.8 Å². The van der Waals surface area contributed by atoms with Crippen LogP contribution in [-0.2, 0) is 4.74 Å². The van der Waals surface area contributed by atoms with Crippen molar-refractivity contribution in [3.63, 3.8) is 0 Å². The zero-order chi connectivity index (χ0) is 12.5. The van der Waals surface area contributed by atoms with Crippen molar-refractivity contribution in [3.05, 3.63) is 0 Å². The average Bonchev–Trinajstić information content (AvgIpc) is 2.30. The maximum Gasteiger partial charge on any atom is 0.0594 e. The Morgan fingerprint density at radius 1 is 1.12 bits per heavy atom. The Kier molecular flexibility index (Phi) is 7.87. The van der Waals surface area contributed by atoms with Gasteiger partial charge >= 0.3 is 0 Å². The summed E-state index contributed by atoms with van der Waals surface area (Å²) in [6, 6.07) is 0. The van der Waals surface area contributed by atoms with E-state index >= 15 is 0 Å². The zero-order valence-corrected chi connectivity index (χ0v) is 12.0. The van der Waals surface area contributed by atoms with Crippen molar-refractivity contribution in [1.82, 2.24) is 5.32 Å². The third kappa shape index (κ3) is 7.77. The van der Waals surface area contributed by atoms with E-state index in [0.29, 0.717) is 6.10 Å². The standard InChI is InChI=1S/C15H31NO/c1-13(2)5-4-10-16-11-12-17-15-8-6-14(3)7-9-15/h13-16H,4-12H2,1-3H3. The van der Waals surface area contributed by atoms with Crippen LogP contribution in [0.15, 0.2) is 0 Å². The second-order valence-electron chi connectivity index (χ2n) is 6.04. The maximum atomic E-state index is 5.90. The van der Waals surface area contributed by atoms with E-state index in [1.807, 2.05) is 0 Å². The maximum absolute atomic E-state index is 5.90. The van der Waals surface area contributed by atoms with Gasteiger partial charge in [0.1, 0.15) is 0 Å². The summed E-state index contributed by atoms with van der Waals surface area (Å²) in [5.74, 6) is 1.75. The van der Waals surface area contributed by atoms with Crippen LogP contribution in [-0.4, -0.2) is 25.8 Å². The molecule has 1 saturated carbocycles. The third-order valence-electron chi connectivity index (χ3n) is 3.73. The van der Waals surface area contributed by atoms with E-state index < -0.39 is 0 Å². The molecule has 1 fully saturated rings. The Morgan fingerprint density at radius 3 is 2.47 bits per heavy atom. The molecule has 0 saturated heterocycles. The fourth-order valence-corrected chi connectivity index (χ4v) is 2.45. The minimum Gasteiger partial charge on any atom is -0.377 e. The van der Waals surface area contributed by atoms with E-state index in [1.54, 1.807) is 0 Å². The molecule has 0 atom stereocenters. The van der Waals surface area contributed by atoms with Crippen molar-refractivity contribution in [3.8, 4) is 0 Å². The highest BCUT2D eigenvalue weighted by Gasteiger charge is 2.17. The van der Waals surface area contributed by atoms with Crippen molar-refractivity contribution in [1.29, 1.82) is 0 Å². The Hall–Kier alpha value is -0.0800. The van der Waals surface area contributed by atoms with Gasteiger partial charge in [0.15, 0.2) is 0 Å². The predicted molar refractivity (Wildman–Crippen MR) is 74.3 cm³/mol. The quantitative estimate of drug-likeness (QED) is 0.656. The fourth-order valence-electron chi connectivity index (χ4n) is 2.45. The summed E-state index contributed by atoms with van der Waals surface area (Å²) >= 11 is 0. The number of hydrogen-bond donors (Lipinski definition) is 1. The van der Waals surface area contributed by atoms with Crippen LogP contribution in [0.3, 0.4) is 0 Å². The van der Waals surface area contributed by atoms with Crippen LogP contribution < -0.4 is 5.32 Å². The van der Waals surface area contributed by atoms with Gasteiger partial charge in [0, 0.05) is 6.54 Å². The first kappa shape index (κ1) is 15.0. The van der Waals surface area contributed by atoms with Crippen molar-refractivity contribution in [2.75, 3.05) is 19.7 Å². The lowest BCUT2D eigenvalue weighted by Gasteiger charge is -2.26. The summed E-state index contributed by atoms with van der Waals surface area (Å²) in [6.45, 7) is 9.97. The second-order valence-corrected chi connectivity index (χ2v) is 6.04. The lowest BCUT2D eigenvalue weighted by atomic mass is 9.89. The van der Waals surface area contributed by atoms with Crippen LogP contribution in [0.25, 0.3) is 0 Å². The molecule has 0 aliphatic heterocycles. The Bertz CT molecular complexity index is 174. The van der Waals surface area contributed by atoms with Crippen molar-refractivity contribution < 1.29 is 4.74 Å². The van der Waals surface area contributed by atoms with Gasteiger partial charge in [-0.05, 0) is 56.9 Å². The fraction of sp³-hybridized carbons (Fsp3) is 1.00. The second kappa shape index (κ2) is 8.93. The first-order valence-corrected chi connectivity index (χ1v) is 7.50. The van der Waals surface area contributed by atoms with Gasteiger partial charge in [0.25, 0.3) is 0 Å². The molecule has 102 valence electrons. The summed E-state index contributed by atoms with van der Waals surface area (Å²) in [4.78, 5) is 0. The highest BCUT2D eigenvalue weighted by molar-refractivity contribution is 4.70. The summed E-state index contributed by atoms with van der Waals surface area (Å²) in [5, 5.41) is 3.46. The monoisotopic (exact) mass is 241 g/mol. The number of hydrogen-bond acceptors (Lipinski definition) is 2. The highest BCUT2D eigenvalue weighted by atomic mass is 16.5. The molecule has 0 bridgehead atoms. The molecule has 0 unspecified atom stereocenters. The minimum absolute atomic E-state index is 0.545. The van der Waals surface area contributed by atoms with Gasteiger partial charge in [-0.15, -0.1) is 0 Å². The van der Waals surface area contributed by atoms with Crippen molar-refractivity contribution in [2.24, 2.45) is 11.8 Å². The SMILES string of the molecule is CC(C)CCCNCCOC1CCC(C)CC1. The molecule has 1 aliphatic rings. The van der Waals surface area contributed by atoms with Gasteiger partial charge in [-0.1, -0.05) is 20.8 Å². The molecule has 1 rings (SSSR count). The number of rotatable bonds is 8.